The van der Waals surface area contributed by atoms with Crippen molar-refractivity contribution in [2.75, 3.05) is 5.32 Å². The van der Waals surface area contributed by atoms with Gasteiger partial charge in [0.2, 0.25) is 0 Å². The first-order valence-electron chi connectivity index (χ1n) is 8.71. The van der Waals surface area contributed by atoms with Crippen molar-refractivity contribution in [2.45, 2.75) is 27.7 Å². The van der Waals surface area contributed by atoms with E-state index in [2.05, 4.69) is 106 Å². The molecule has 0 saturated carbocycles. The maximum absolute atomic E-state index is 3.55. The van der Waals surface area contributed by atoms with Gasteiger partial charge in [0.15, 0.2) is 0 Å². The molecule has 0 aliphatic carbocycles. The summed E-state index contributed by atoms with van der Waals surface area (Å²) in [7, 11) is 0. The molecule has 0 aromatic heterocycles. The summed E-state index contributed by atoms with van der Waals surface area (Å²) in [6.07, 6.45) is 4.31. The predicted molar refractivity (Wildman–Crippen MR) is 110 cm³/mol. The van der Waals surface area contributed by atoms with Crippen molar-refractivity contribution < 1.29 is 0 Å². The molecule has 1 heteroatoms. The molecule has 0 bridgehead atoms. The molecule has 0 saturated heterocycles. The fourth-order valence-corrected chi connectivity index (χ4v) is 3.17. The van der Waals surface area contributed by atoms with E-state index in [1.807, 2.05) is 0 Å². The molecule has 3 aromatic rings. The molecule has 3 rings (SSSR count). The van der Waals surface area contributed by atoms with E-state index in [0.29, 0.717) is 0 Å². The molecule has 0 fully saturated rings. The highest BCUT2D eigenvalue weighted by Crippen LogP contribution is 2.26. The molecule has 3 aromatic carbocycles. The summed E-state index contributed by atoms with van der Waals surface area (Å²) in [6.45, 7) is 8.56. The number of hydrogen-bond donors (Lipinski definition) is 1. The molecule has 25 heavy (non-hydrogen) atoms. The molecule has 126 valence electrons. The van der Waals surface area contributed by atoms with Gasteiger partial charge in [-0.2, -0.15) is 0 Å². The number of aryl methyl sites for hydroxylation is 4. The van der Waals surface area contributed by atoms with Crippen LogP contribution in [0.4, 0.5) is 11.4 Å². The third-order valence-electron chi connectivity index (χ3n) is 4.37. The van der Waals surface area contributed by atoms with Crippen molar-refractivity contribution in [1.82, 2.24) is 0 Å². The Morgan fingerprint density at radius 3 is 1.92 bits per heavy atom. The monoisotopic (exact) mass is 327 g/mol. The van der Waals surface area contributed by atoms with Crippen LogP contribution in [0.5, 0.6) is 0 Å². The van der Waals surface area contributed by atoms with E-state index in [1.165, 1.54) is 39.1 Å². The van der Waals surface area contributed by atoms with E-state index in [0.717, 1.165) is 5.69 Å². The van der Waals surface area contributed by atoms with Gasteiger partial charge in [0, 0.05) is 11.4 Å². The number of hydrogen-bond acceptors (Lipinski definition) is 1. The highest BCUT2D eigenvalue weighted by Gasteiger charge is 2.04. The minimum Gasteiger partial charge on any atom is -0.355 e. The van der Waals surface area contributed by atoms with Gasteiger partial charge in [0.05, 0.1) is 0 Å². The number of benzene rings is 3. The maximum atomic E-state index is 3.55. The Kier molecular flexibility index (Phi) is 5.04. The second-order valence-corrected chi connectivity index (χ2v) is 6.77. The number of rotatable bonds is 4. The van der Waals surface area contributed by atoms with E-state index in [4.69, 9.17) is 0 Å². The lowest BCUT2D eigenvalue weighted by molar-refractivity contribution is 1.31. The second kappa shape index (κ2) is 7.40. The zero-order chi connectivity index (χ0) is 17.8. The topological polar surface area (TPSA) is 12.0 Å². The van der Waals surface area contributed by atoms with Crippen LogP contribution in [-0.2, 0) is 0 Å². The SMILES string of the molecule is Cc1cccc(/C=C/c2ccc(Nc3c(C)cc(C)cc3C)cc2)c1. The minimum absolute atomic E-state index is 1.11. The van der Waals surface area contributed by atoms with Crippen molar-refractivity contribution in [3.05, 3.63) is 94.0 Å². The first-order valence-corrected chi connectivity index (χ1v) is 8.71. The molecule has 0 amide bonds. The second-order valence-electron chi connectivity index (χ2n) is 6.77. The van der Waals surface area contributed by atoms with E-state index < -0.39 is 0 Å². The standard InChI is InChI=1S/C24H25N/c1-17-6-5-7-22(16-17)9-8-21-10-12-23(13-11-21)25-24-19(3)14-18(2)15-20(24)4/h5-16,25H,1-4H3/b9-8+. The molecular formula is C24H25N. The predicted octanol–water partition coefficient (Wildman–Crippen LogP) is 6.83. The van der Waals surface area contributed by atoms with E-state index in [-0.39, 0.29) is 0 Å². The van der Waals surface area contributed by atoms with Crippen LogP contribution in [-0.4, -0.2) is 0 Å². The zero-order valence-electron chi connectivity index (χ0n) is 15.4. The normalized spacial score (nSPS) is 11.0. The molecule has 0 radical (unpaired) electrons. The van der Waals surface area contributed by atoms with Crippen LogP contribution < -0.4 is 5.32 Å². The Balaban J connectivity index is 1.75. The smallest absolute Gasteiger partial charge is 0.0443 e. The van der Waals surface area contributed by atoms with Gasteiger partial charge in [0.1, 0.15) is 0 Å². The summed E-state index contributed by atoms with van der Waals surface area (Å²) in [5, 5.41) is 3.55. The largest absolute Gasteiger partial charge is 0.355 e. The maximum Gasteiger partial charge on any atom is 0.0443 e. The van der Waals surface area contributed by atoms with Crippen LogP contribution in [0, 0.1) is 27.7 Å². The van der Waals surface area contributed by atoms with E-state index in [1.54, 1.807) is 0 Å². The van der Waals surface area contributed by atoms with Crippen LogP contribution in [0.2, 0.25) is 0 Å². The zero-order valence-corrected chi connectivity index (χ0v) is 15.4. The van der Waals surface area contributed by atoms with Crippen molar-refractivity contribution in [3.8, 4) is 0 Å². The number of anilines is 2. The Morgan fingerprint density at radius 1 is 0.640 bits per heavy atom. The fraction of sp³-hybridized carbons (Fsp3) is 0.167. The first kappa shape index (κ1) is 17.0. The quantitative estimate of drug-likeness (QED) is 0.518. The van der Waals surface area contributed by atoms with E-state index in [9.17, 15) is 0 Å². The average molecular weight is 327 g/mol. The van der Waals surface area contributed by atoms with Crippen molar-refractivity contribution >= 4 is 23.5 Å². The van der Waals surface area contributed by atoms with Gasteiger partial charge in [-0.1, -0.05) is 71.8 Å². The molecule has 0 aliphatic heterocycles. The lowest BCUT2D eigenvalue weighted by atomic mass is 10.0. The molecular weight excluding hydrogens is 302 g/mol. The summed E-state index contributed by atoms with van der Waals surface area (Å²) in [5.74, 6) is 0. The minimum atomic E-state index is 1.11. The summed E-state index contributed by atoms with van der Waals surface area (Å²) < 4.78 is 0. The van der Waals surface area contributed by atoms with Gasteiger partial charge in [-0.25, -0.2) is 0 Å². The number of nitrogens with one attached hydrogen (secondary N) is 1. The highest BCUT2D eigenvalue weighted by atomic mass is 14.9. The van der Waals surface area contributed by atoms with Gasteiger partial charge in [0.25, 0.3) is 0 Å². The third kappa shape index (κ3) is 4.39. The highest BCUT2D eigenvalue weighted by molar-refractivity contribution is 5.72. The third-order valence-corrected chi connectivity index (χ3v) is 4.37. The van der Waals surface area contributed by atoms with Gasteiger partial charge in [-0.15, -0.1) is 0 Å². The van der Waals surface area contributed by atoms with Gasteiger partial charge in [-0.3, -0.25) is 0 Å². The van der Waals surface area contributed by atoms with Crippen LogP contribution in [0.25, 0.3) is 12.2 Å². The van der Waals surface area contributed by atoms with Gasteiger partial charge < -0.3 is 5.32 Å². The molecule has 0 unspecified atom stereocenters. The Bertz CT molecular complexity index is 879. The van der Waals surface area contributed by atoms with Crippen LogP contribution in [0.3, 0.4) is 0 Å². The first-order chi connectivity index (χ1) is 12.0. The summed E-state index contributed by atoms with van der Waals surface area (Å²) in [5.41, 5.74) is 9.89. The van der Waals surface area contributed by atoms with Crippen molar-refractivity contribution in [1.29, 1.82) is 0 Å². The average Bonchev–Trinajstić information content (AvgIpc) is 2.57. The van der Waals surface area contributed by atoms with Gasteiger partial charge in [-0.05, 0) is 62.1 Å². The Labute approximate surface area is 151 Å². The fourth-order valence-electron chi connectivity index (χ4n) is 3.17. The summed E-state index contributed by atoms with van der Waals surface area (Å²) in [4.78, 5) is 0. The molecule has 0 atom stereocenters. The lowest BCUT2D eigenvalue weighted by Crippen LogP contribution is -1.97. The van der Waals surface area contributed by atoms with Crippen LogP contribution >= 0.6 is 0 Å². The Hall–Kier alpha value is -2.80. The molecule has 1 nitrogen and oxygen atoms in total. The molecule has 0 aliphatic rings. The Morgan fingerprint density at radius 2 is 1.28 bits per heavy atom. The van der Waals surface area contributed by atoms with Crippen molar-refractivity contribution in [3.63, 3.8) is 0 Å². The molecule has 1 N–H and O–H groups in total. The van der Waals surface area contributed by atoms with E-state index >= 15 is 0 Å². The summed E-state index contributed by atoms with van der Waals surface area (Å²) in [6, 6.07) is 21.5. The van der Waals surface area contributed by atoms with Crippen LogP contribution in [0.15, 0.2) is 60.7 Å². The molecule has 0 heterocycles. The lowest BCUT2D eigenvalue weighted by Gasteiger charge is -2.14. The summed E-state index contributed by atoms with van der Waals surface area (Å²) >= 11 is 0. The molecule has 0 spiro atoms. The van der Waals surface area contributed by atoms with Crippen LogP contribution in [0.1, 0.15) is 33.4 Å². The van der Waals surface area contributed by atoms with Gasteiger partial charge >= 0.3 is 0 Å². The van der Waals surface area contributed by atoms with Crippen molar-refractivity contribution in [2.24, 2.45) is 0 Å².